The van der Waals surface area contributed by atoms with Crippen molar-refractivity contribution in [3.63, 3.8) is 0 Å². The standard InChI is InChI=1S/C21H11F9O2.C20H11F7O/c1-10-2-4-11(5-3-10)12-6-14(22)18(15(23)7-12)20(26,27)31-13-8-16(24)19(17(25)9-13)32-21(28,29)30;1-10-2-4-11(5-3-10)12-6-14(21)18(15(22)7-12)20(26,27)28-13-8-16(23)19(25)17(24)9-13/h2-9H,1H3;2-9H,1H3. The van der Waals surface area contributed by atoms with Gasteiger partial charge in [-0.3, -0.25) is 0 Å². The second-order valence-electron chi connectivity index (χ2n) is 12.6. The molecule has 60 heavy (non-hydrogen) atoms. The first-order valence-corrected chi connectivity index (χ1v) is 16.5. The van der Waals surface area contributed by atoms with Crippen molar-refractivity contribution in [2.24, 2.45) is 0 Å². The number of benzene rings is 6. The van der Waals surface area contributed by atoms with Crippen molar-refractivity contribution in [2.75, 3.05) is 0 Å². The van der Waals surface area contributed by atoms with Crippen molar-refractivity contribution in [3.8, 4) is 39.5 Å². The fourth-order valence-corrected chi connectivity index (χ4v) is 5.33. The van der Waals surface area contributed by atoms with Gasteiger partial charge in [-0.05, 0) is 60.4 Å². The summed E-state index contributed by atoms with van der Waals surface area (Å²) in [5, 5.41) is 0. The molecule has 6 rings (SSSR count). The summed E-state index contributed by atoms with van der Waals surface area (Å²) in [6, 6.07) is 15.5. The smallest absolute Gasteiger partial charge is 0.429 e. The van der Waals surface area contributed by atoms with E-state index in [1.54, 1.807) is 50.2 Å². The number of hydrogen-bond acceptors (Lipinski definition) is 3. The van der Waals surface area contributed by atoms with Crippen LogP contribution in [-0.4, -0.2) is 6.36 Å². The fourth-order valence-electron chi connectivity index (χ4n) is 5.33. The molecule has 0 aliphatic carbocycles. The average Bonchev–Trinajstić information content (AvgIpc) is 3.11. The highest BCUT2D eigenvalue weighted by Crippen LogP contribution is 2.40. The van der Waals surface area contributed by atoms with Crippen molar-refractivity contribution < 1.29 is 84.5 Å². The van der Waals surface area contributed by atoms with E-state index in [1.807, 2.05) is 0 Å². The molecule has 3 nitrogen and oxygen atoms in total. The van der Waals surface area contributed by atoms with Crippen molar-refractivity contribution in [1.82, 2.24) is 0 Å². The molecular weight excluding hydrogens is 844 g/mol. The van der Waals surface area contributed by atoms with Crippen molar-refractivity contribution in [3.05, 3.63) is 172 Å². The van der Waals surface area contributed by atoms with Gasteiger partial charge in [0.1, 0.15) is 45.9 Å². The third kappa shape index (κ3) is 10.4. The minimum Gasteiger partial charge on any atom is -0.429 e. The molecule has 19 heteroatoms. The van der Waals surface area contributed by atoms with Gasteiger partial charge >= 0.3 is 18.6 Å². The number of halogens is 16. The van der Waals surface area contributed by atoms with Crippen LogP contribution < -0.4 is 14.2 Å². The Morgan fingerprint density at radius 2 is 0.650 bits per heavy atom. The Hall–Kier alpha value is -6.40. The Bertz CT molecular complexity index is 2430. The molecule has 316 valence electrons. The average molecular weight is 867 g/mol. The summed E-state index contributed by atoms with van der Waals surface area (Å²) in [5.41, 5.74) is -1.20. The van der Waals surface area contributed by atoms with Gasteiger partial charge in [0.2, 0.25) is 5.75 Å². The minimum absolute atomic E-state index is 0.00780. The monoisotopic (exact) mass is 866 g/mol. The van der Waals surface area contributed by atoms with Crippen LogP contribution in [-0.2, 0) is 12.2 Å². The lowest BCUT2D eigenvalue weighted by molar-refractivity contribution is -0.276. The first-order chi connectivity index (χ1) is 27.8. The summed E-state index contributed by atoms with van der Waals surface area (Å²) in [6.45, 7) is 3.56. The Kier molecular flexibility index (Phi) is 12.7. The second kappa shape index (κ2) is 17.1. The van der Waals surface area contributed by atoms with Gasteiger partial charge in [0, 0.05) is 24.3 Å². The Morgan fingerprint density at radius 3 is 0.950 bits per heavy atom. The molecule has 0 radical (unpaired) electrons. The second-order valence-corrected chi connectivity index (χ2v) is 12.6. The first-order valence-electron chi connectivity index (χ1n) is 16.5. The van der Waals surface area contributed by atoms with E-state index in [0.717, 1.165) is 11.1 Å². The van der Waals surface area contributed by atoms with Crippen LogP contribution in [0.2, 0.25) is 0 Å². The van der Waals surface area contributed by atoms with Crippen molar-refractivity contribution in [2.45, 2.75) is 32.4 Å². The minimum atomic E-state index is -5.46. The molecular formula is C41H22F16O3. The lowest BCUT2D eigenvalue weighted by atomic mass is 10.0. The molecule has 0 bridgehead atoms. The van der Waals surface area contributed by atoms with E-state index in [1.165, 1.54) is 12.1 Å². The zero-order valence-corrected chi connectivity index (χ0v) is 30.0. The number of hydrogen-bond donors (Lipinski definition) is 0. The van der Waals surface area contributed by atoms with Crippen LogP contribution in [0.5, 0.6) is 17.2 Å². The number of rotatable bonds is 9. The normalized spacial score (nSPS) is 11.8. The summed E-state index contributed by atoms with van der Waals surface area (Å²) in [4.78, 5) is 0. The van der Waals surface area contributed by atoms with E-state index in [0.29, 0.717) is 35.4 Å². The van der Waals surface area contributed by atoms with Crippen LogP contribution in [0.4, 0.5) is 70.2 Å². The molecule has 0 atom stereocenters. The van der Waals surface area contributed by atoms with Crippen LogP contribution in [0.3, 0.4) is 0 Å². The van der Waals surface area contributed by atoms with Crippen molar-refractivity contribution >= 4 is 0 Å². The lowest BCUT2D eigenvalue weighted by Gasteiger charge is -2.20. The van der Waals surface area contributed by atoms with Crippen LogP contribution in [0.25, 0.3) is 22.3 Å². The molecule has 0 unspecified atom stereocenters. The van der Waals surface area contributed by atoms with Gasteiger partial charge < -0.3 is 14.2 Å². The number of ether oxygens (including phenoxy) is 3. The molecule has 0 fully saturated rings. The van der Waals surface area contributed by atoms with E-state index in [-0.39, 0.29) is 35.4 Å². The summed E-state index contributed by atoms with van der Waals surface area (Å²) in [7, 11) is 0. The molecule has 6 aromatic carbocycles. The lowest BCUT2D eigenvalue weighted by Crippen LogP contribution is -2.25. The molecule has 0 aliphatic rings. The third-order valence-electron chi connectivity index (χ3n) is 8.08. The number of alkyl halides is 7. The molecule has 0 amide bonds. The zero-order valence-electron chi connectivity index (χ0n) is 30.0. The van der Waals surface area contributed by atoms with Crippen LogP contribution in [0, 0.1) is 66.2 Å². The molecule has 0 saturated heterocycles. The number of aryl methyl sites for hydroxylation is 2. The van der Waals surface area contributed by atoms with Gasteiger partial charge in [-0.2, -0.15) is 17.6 Å². The highest BCUT2D eigenvalue weighted by molar-refractivity contribution is 5.65. The maximum Gasteiger partial charge on any atom is 0.573 e. The summed E-state index contributed by atoms with van der Waals surface area (Å²) in [5.74, 6) is -20.6. The molecule has 0 heterocycles. The zero-order chi connectivity index (χ0) is 44.5. The summed E-state index contributed by atoms with van der Waals surface area (Å²) >= 11 is 0. The Balaban J connectivity index is 0.000000230. The van der Waals surface area contributed by atoms with Crippen molar-refractivity contribution in [1.29, 1.82) is 0 Å². The molecule has 0 spiro atoms. The molecule has 6 aromatic rings. The molecule has 0 N–H and O–H groups in total. The van der Waals surface area contributed by atoms with Gasteiger partial charge in [0.05, 0.1) is 0 Å². The van der Waals surface area contributed by atoms with Gasteiger partial charge in [-0.1, -0.05) is 59.7 Å². The summed E-state index contributed by atoms with van der Waals surface area (Å²) < 4.78 is 229. The third-order valence-corrected chi connectivity index (χ3v) is 8.08. The summed E-state index contributed by atoms with van der Waals surface area (Å²) in [6.07, 6.45) is -14.8. The van der Waals surface area contributed by atoms with Crippen LogP contribution in [0.15, 0.2) is 97.1 Å². The van der Waals surface area contributed by atoms with E-state index in [2.05, 4.69) is 14.2 Å². The molecule has 0 aromatic heterocycles. The Labute approximate surface area is 328 Å². The highest BCUT2D eigenvalue weighted by Gasteiger charge is 2.43. The maximum absolute atomic E-state index is 14.4. The molecule has 0 saturated carbocycles. The quantitative estimate of drug-likeness (QED) is 0.107. The topological polar surface area (TPSA) is 27.7 Å². The van der Waals surface area contributed by atoms with Gasteiger partial charge in [0.25, 0.3) is 0 Å². The van der Waals surface area contributed by atoms with Gasteiger partial charge in [0.15, 0.2) is 29.1 Å². The van der Waals surface area contributed by atoms with E-state index < -0.39 is 99.3 Å². The SMILES string of the molecule is Cc1ccc(-c2cc(F)c(C(F)(F)Oc3cc(F)c(F)c(F)c3)c(F)c2)cc1.Cc1ccc(-c2cc(F)c(C(F)(F)Oc3cc(F)c(OC(F)(F)F)c(F)c3)c(F)c2)cc1. The van der Waals surface area contributed by atoms with Crippen LogP contribution in [0.1, 0.15) is 22.3 Å². The highest BCUT2D eigenvalue weighted by atomic mass is 19.4. The largest absolute Gasteiger partial charge is 0.573 e. The van der Waals surface area contributed by atoms with E-state index in [9.17, 15) is 70.2 Å². The predicted molar refractivity (Wildman–Crippen MR) is 181 cm³/mol. The van der Waals surface area contributed by atoms with Crippen LogP contribution >= 0.6 is 0 Å². The van der Waals surface area contributed by atoms with E-state index >= 15 is 0 Å². The Morgan fingerprint density at radius 1 is 0.350 bits per heavy atom. The maximum atomic E-state index is 14.4. The van der Waals surface area contributed by atoms with Gasteiger partial charge in [-0.25, -0.2) is 39.5 Å². The fraction of sp³-hybridized carbons (Fsp3) is 0.122. The predicted octanol–water partition coefficient (Wildman–Crippen LogP) is 13.7. The molecule has 0 aliphatic heterocycles. The van der Waals surface area contributed by atoms with E-state index in [4.69, 9.17) is 0 Å². The first kappa shape index (κ1) is 44.7. The van der Waals surface area contributed by atoms with Gasteiger partial charge in [-0.15, -0.1) is 13.2 Å².